The Morgan fingerprint density at radius 3 is 3.06 bits per heavy atom. The van der Waals surface area contributed by atoms with Crippen LogP contribution in [0.1, 0.15) is 28.3 Å². The molecule has 0 radical (unpaired) electrons. The lowest BCUT2D eigenvalue weighted by Gasteiger charge is -2.19. The fourth-order valence-corrected chi connectivity index (χ4v) is 1.84. The molecule has 0 aliphatic carbocycles. The van der Waals surface area contributed by atoms with E-state index in [4.69, 9.17) is 5.11 Å². The Kier molecular flexibility index (Phi) is 3.53. The summed E-state index contributed by atoms with van der Waals surface area (Å²) in [5, 5.41) is 14.6. The Morgan fingerprint density at radius 1 is 1.47 bits per heavy atom. The van der Waals surface area contributed by atoms with Crippen LogP contribution in [0.15, 0.2) is 0 Å². The van der Waals surface area contributed by atoms with Crippen LogP contribution in [-0.2, 0) is 6.42 Å². The zero-order chi connectivity index (χ0) is 12.3. The standard InChI is InChI=1S/C11H16N4O2/c1-7-14-9-8(3-5-13-11(9)17)10(15-7)12-4-2-6-16/h16H,2-6H2,1H3,(H,13,17)(H,12,14,15). The molecular weight excluding hydrogens is 220 g/mol. The van der Waals surface area contributed by atoms with E-state index in [1.54, 1.807) is 6.92 Å². The number of nitrogens with one attached hydrogen (secondary N) is 2. The number of aryl methyl sites for hydroxylation is 1. The molecule has 0 unspecified atom stereocenters. The first-order chi connectivity index (χ1) is 8.22. The largest absolute Gasteiger partial charge is 0.396 e. The van der Waals surface area contributed by atoms with Crippen LogP contribution in [0.4, 0.5) is 5.82 Å². The van der Waals surface area contributed by atoms with Gasteiger partial charge in [0, 0.05) is 25.3 Å². The second-order valence-corrected chi connectivity index (χ2v) is 3.96. The zero-order valence-electron chi connectivity index (χ0n) is 9.79. The molecule has 6 nitrogen and oxygen atoms in total. The average Bonchev–Trinajstić information content (AvgIpc) is 2.31. The second-order valence-electron chi connectivity index (χ2n) is 3.96. The Hall–Kier alpha value is -1.69. The smallest absolute Gasteiger partial charge is 0.270 e. The van der Waals surface area contributed by atoms with Gasteiger partial charge in [-0.15, -0.1) is 0 Å². The predicted molar refractivity (Wildman–Crippen MR) is 63.0 cm³/mol. The summed E-state index contributed by atoms with van der Waals surface area (Å²) in [6.45, 7) is 3.16. The molecule has 1 aromatic rings. The van der Waals surface area contributed by atoms with Crippen LogP contribution >= 0.6 is 0 Å². The quantitative estimate of drug-likeness (QED) is 0.634. The van der Waals surface area contributed by atoms with E-state index in [1.165, 1.54) is 0 Å². The van der Waals surface area contributed by atoms with Gasteiger partial charge in [0.15, 0.2) is 0 Å². The normalized spacial score (nSPS) is 14.1. The molecule has 6 heteroatoms. The maximum absolute atomic E-state index is 11.7. The number of hydrogen-bond donors (Lipinski definition) is 3. The SMILES string of the molecule is Cc1nc(NCCCO)c2c(n1)C(=O)NCC2. The number of rotatable bonds is 4. The molecule has 0 aromatic carbocycles. The molecule has 0 atom stereocenters. The molecule has 2 heterocycles. The van der Waals surface area contributed by atoms with E-state index in [2.05, 4.69) is 20.6 Å². The van der Waals surface area contributed by atoms with Gasteiger partial charge in [-0.1, -0.05) is 0 Å². The van der Waals surface area contributed by atoms with Gasteiger partial charge in [0.25, 0.3) is 5.91 Å². The van der Waals surface area contributed by atoms with Crippen molar-refractivity contribution in [2.24, 2.45) is 0 Å². The molecule has 0 fully saturated rings. The molecule has 1 aliphatic rings. The number of aliphatic hydroxyl groups excluding tert-OH is 1. The number of aromatic nitrogens is 2. The van der Waals surface area contributed by atoms with Crippen LogP contribution in [0.3, 0.4) is 0 Å². The Labute approximate surface area is 99.5 Å². The van der Waals surface area contributed by atoms with Crippen molar-refractivity contribution in [2.45, 2.75) is 19.8 Å². The summed E-state index contributed by atoms with van der Waals surface area (Å²) >= 11 is 0. The first-order valence-corrected chi connectivity index (χ1v) is 5.73. The maximum atomic E-state index is 11.7. The summed E-state index contributed by atoms with van der Waals surface area (Å²) in [7, 11) is 0. The Balaban J connectivity index is 2.28. The highest BCUT2D eigenvalue weighted by atomic mass is 16.3. The molecule has 1 aliphatic heterocycles. The molecule has 3 N–H and O–H groups in total. The first-order valence-electron chi connectivity index (χ1n) is 5.73. The molecule has 17 heavy (non-hydrogen) atoms. The van der Waals surface area contributed by atoms with Crippen LogP contribution in [0, 0.1) is 6.92 Å². The summed E-state index contributed by atoms with van der Waals surface area (Å²) in [5.74, 6) is 1.16. The van der Waals surface area contributed by atoms with E-state index >= 15 is 0 Å². The lowest BCUT2D eigenvalue weighted by atomic mass is 10.1. The van der Waals surface area contributed by atoms with Gasteiger partial charge in [0.2, 0.25) is 0 Å². The van der Waals surface area contributed by atoms with Crippen molar-refractivity contribution in [3.05, 3.63) is 17.1 Å². The van der Waals surface area contributed by atoms with Crippen molar-refractivity contribution in [3.8, 4) is 0 Å². The van der Waals surface area contributed by atoms with E-state index in [-0.39, 0.29) is 12.5 Å². The molecule has 0 saturated heterocycles. The molecule has 0 bridgehead atoms. The molecular formula is C11H16N4O2. The van der Waals surface area contributed by atoms with Gasteiger partial charge in [-0.05, 0) is 19.8 Å². The lowest BCUT2D eigenvalue weighted by Crippen LogP contribution is -2.34. The molecule has 92 valence electrons. The third kappa shape index (κ3) is 2.52. The summed E-state index contributed by atoms with van der Waals surface area (Å²) < 4.78 is 0. The van der Waals surface area contributed by atoms with Crippen molar-refractivity contribution in [1.29, 1.82) is 0 Å². The second kappa shape index (κ2) is 5.09. The molecule has 1 aromatic heterocycles. The zero-order valence-corrected chi connectivity index (χ0v) is 9.79. The van der Waals surface area contributed by atoms with Crippen molar-refractivity contribution >= 4 is 11.7 Å². The average molecular weight is 236 g/mol. The summed E-state index contributed by atoms with van der Waals surface area (Å²) in [6, 6.07) is 0. The molecule has 0 saturated carbocycles. The highest BCUT2D eigenvalue weighted by Gasteiger charge is 2.22. The lowest BCUT2D eigenvalue weighted by molar-refractivity contribution is 0.0940. The first kappa shape index (κ1) is 11.8. The maximum Gasteiger partial charge on any atom is 0.270 e. The van der Waals surface area contributed by atoms with E-state index < -0.39 is 0 Å². The predicted octanol–water partition coefficient (Wildman–Crippen LogP) is -0.135. The third-order valence-electron chi connectivity index (χ3n) is 2.62. The van der Waals surface area contributed by atoms with Gasteiger partial charge in [0.05, 0.1) is 0 Å². The fraction of sp³-hybridized carbons (Fsp3) is 0.545. The number of carbonyl (C=O) groups is 1. The van der Waals surface area contributed by atoms with Crippen LogP contribution < -0.4 is 10.6 Å². The van der Waals surface area contributed by atoms with Crippen molar-refractivity contribution < 1.29 is 9.90 Å². The summed E-state index contributed by atoms with van der Waals surface area (Å²) in [5.41, 5.74) is 1.34. The molecule has 0 spiro atoms. The van der Waals surface area contributed by atoms with Crippen molar-refractivity contribution in [2.75, 3.05) is 25.0 Å². The van der Waals surface area contributed by atoms with E-state index in [0.29, 0.717) is 31.0 Å². The number of aliphatic hydroxyl groups is 1. The minimum atomic E-state index is -0.137. The van der Waals surface area contributed by atoms with Gasteiger partial charge < -0.3 is 15.7 Å². The number of anilines is 1. The van der Waals surface area contributed by atoms with Gasteiger partial charge in [-0.2, -0.15) is 0 Å². The van der Waals surface area contributed by atoms with Gasteiger partial charge in [-0.3, -0.25) is 4.79 Å². The van der Waals surface area contributed by atoms with E-state index in [9.17, 15) is 4.79 Å². The van der Waals surface area contributed by atoms with Crippen LogP contribution in [-0.4, -0.2) is 40.7 Å². The Bertz CT molecular complexity index is 434. The number of nitrogens with zero attached hydrogens (tertiary/aromatic N) is 2. The minimum Gasteiger partial charge on any atom is -0.396 e. The fourth-order valence-electron chi connectivity index (χ4n) is 1.84. The van der Waals surface area contributed by atoms with Crippen LogP contribution in [0.5, 0.6) is 0 Å². The number of fused-ring (bicyclic) bond motifs is 1. The van der Waals surface area contributed by atoms with E-state index in [1.807, 2.05) is 0 Å². The summed E-state index contributed by atoms with van der Waals surface area (Å²) in [4.78, 5) is 20.1. The monoisotopic (exact) mass is 236 g/mol. The number of hydrogen-bond acceptors (Lipinski definition) is 5. The minimum absolute atomic E-state index is 0.137. The summed E-state index contributed by atoms with van der Waals surface area (Å²) in [6.07, 6.45) is 1.40. The highest BCUT2D eigenvalue weighted by molar-refractivity contribution is 5.95. The Morgan fingerprint density at radius 2 is 2.29 bits per heavy atom. The van der Waals surface area contributed by atoms with Gasteiger partial charge >= 0.3 is 0 Å². The molecule has 1 amide bonds. The van der Waals surface area contributed by atoms with Crippen LogP contribution in [0.25, 0.3) is 0 Å². The number of amides is 1. The van der Waals surface area contributed by atoms with Crippen molar-refractivity contribution in [1.82, 2.24) is 15.3 Å². The van der Waals surface area contributed by atoms with Crippen molar-refractivity contribution in [3.63, 3.8) is 0 Å². The van der Waals surface area contributed by atoms with Gasteiger partial charge in [-0.25, -0.2) is 9.97 Å². The third-order valence-corrected chi connectivity index (χ3v) is 2.62. The van der Waals surface area contributed by atoms with E-state index in [0.717, 1.165) is 17.8 Å². The van der Waals surface area contributed by atoms with Crippen LogP contribution in [0.2, 0.25) is 0 Å². The topological polar surface area (TPSA) is 87.1 Å². The molecule has 2 rings (SSSR count). The number of carbonyl (C=O) groups excluding carboxylic acids is 1. The highest BCUT2D eigenvalue weighted by Crippen LogP contribution is 2.19. The van der Waals surface area contributed by atoms with Gasteiger partial charge in [0.1, 0.15) is 17.3 Å².